The molecule has 1 amide bonds. The van der Waals surface area contributed by atoms with Crippen LogP contribution >= 0.6 is 0 Å². The van der Waals surface area contributed by atoms with Gasteiger partial charge in [0.05, 0.1) is 6.61 Å². The van der Waals surface area contributed by atoms with Gasteiger partial charge in [0.25, 0.3) is 0 Å². The second-order valence-electron chi connectivity index (χ2n) is 4.90. The summed E-state index contributed by atoms with van der Waals surface area (Å²) in [5.74, 6) is 0.520. The first kappa shape index (κ1) is 14.2. The molecule has 0 spiro atoms. The van der Waals surface area contributed by atoms with E-state index in [0.29, 0.717) is 19.1 Å². The number of hydrogen-bond donors (Lipinski definition) is 1. The molecule has 0 aliphatic rings. The van der Waals surface area contributed by atoms with E-state index in [1.54, 1.807) is 0 Å². The van der Waals surface area contributed by atoms with Gasteiger partial charge in [-0.2, -0.15) is 0 Å². The summed E-state index contributed by atoms with van der Waals surface area (Å²) in [6, 6.07) is 0. The molecule has 4 heteroatoms. The maximum Gasteiger partial charge on any atom is 0.407 e. The molecule has 0 aliphatic heterocycles. The summed E-state index contributed by atoms with van der Waals surface area (Å²) in [5.41, 5.74) is -0.442. The number of ether oxygens (including phenoxy) is 2. The first-order chi connectivity index (χ1) is 6.81. The van der Waals surface area contributed by atoms with E-state index >= 15 is 0 Å². The van der Waals surface area contributed by atoms with Crippen LogP contribution in [0.1, 0.15) is 34.6 Å². The summed E-state index contributed by atoms with van der Waals surface area (Å²) < 4.78 is 10.4. The minimum Gasteiger partial charge on any atom is -0.444 e. The Labute approximate surface area is 92.3 Å². The maximum absolute atomic E-state index is 11.2. The molecule has 0 saturated carbocycles. The number of nitrogens with one attached hydrogen (secondary N) is 1. The van der Waals surface area contributed by atoms with Crippen LogP contribution in [0.3, 0.4) is 0 Å². The molecule has 0 radical (unpaired) electrons. The molecule has 15 heavy (non-hydrogen) atoms. The molecule has 0 rings (SSSR count). The molecule has 4 nitrogen and oxygen atoms in total. The van der Waals surface area contributed by atoms with Crippen molar-refractivity contribution in [1.29, 1.82) is 0 Å². The van der Waals surface area contributed by atoms with Crippen LogP contribution in [0.5, 0.6) is 0 Å². The largest absolute Gasteiger partial charge is 0.444 e. The van der Waals surface area contributed by atoms with Crippen LogP contribution in [0.2, 0.25) is 0 Å². The van der Waals surface area contributed by atoms with Gasteiger partial charge >= 0.3 is 6.09 Å². The Morgan fingerprint density at radius 2 is 1.93 bits per heavy atom. The molecule has 0 aromatic rings. The molecular weight excluding hydrogens is 194 g/mol. The van der Waals surface area contributed by atoms with Crippen molar-refractivity contribution >= 4 is 6.09 Å². The molecule has 90 valence electrons. The van der Waals surface area contributed by atoms with Gasteiger partial charge in [-0.05, 0) is 26.7 Å². The average Bonchev–Trinajstić information content (AvgIpc) is 1.99. The number of carbonyl (C=O) groups excluding carboxylic acids is 1. The van der Waals surface area contributed by atoms with Gasteiger partial charge in [0, 0.05) is 13.2 Å². The second kappa shape index (κ2) is 6.67. The van der Waals surface area contributed by atoms with Crippen molar-refractivity contribution in [1.82, 2.24) is 5.32 Å². The molecule has 1 N–H and O–H groups in total. The third-order valence-electron chi connectivity index (χ3n) is 1.37. The number of alkyl carbamates (subject to hydrolysis) is 1. The lowest BCUT2D eigenvalue weighted by molar-refractivity contribution is 0.0491. The normalized spacial score (nSPS) is 11.6. The van der Waals surface area contributed by atoms with Crippen LogP contribution in [0, 0.1) is 5.92 Å². The van der Waals surface area contributed by atoms with E-state index in [1.807, 2.05) is 20.8 Å². The van der Waals surface area contributed by atoms with E-state index < -0.39 is 11.7 Å². The first-order valence-corrected chi connectivity index (χ1v) is 5.36. The van der Waals surface area contributed by atoms with Gasteiger partial charge in [0.2, 0.25) is 0 Å². The molecule has 0 atom stereocenters. The predicted octanol–water partition coefficient (Wildman–Crippen LogP) is 2.18. The summed E-state index contributed by atoms with van der Waals surface area (Å²) in [4.78, 5) is 11.2. The summed E-state index contributed by atoms with van der Waals surface area (Å²) in [6.07, 6.45) is -0.393. The third kappa shape index (κ3) is 11.2. The molecule has 0 bridgehead atoms. The zero-order valence-corrected chi connectivity index (χ0v) is 10.4. The molecule has 0 aliphatic carbocycles. The fourth-order valence-corrected chi connectivity index (χ4v) is 0.858. The molecule has 0 heterocycles. The van der Waals surface area contributed by atoms with Crippen molar-refractivity contribution in [3.05, 3.63) is 0 Å². The van der Waals surface area contributed by atoms with E-state index in [0.717, 1.165) is 6.61 Å². The summed E-state index contributed by atoms with van der Waals surface area (Å²) in [7, 11) is 0. The van der Waals surface area contributed by atoms with Crippen molar-refractivity contribution in [3.8, 4) is 0 Å². The van der Waals surface area contributed by atoms with Crippen LogP contribution in [-0.4, -0.2) is 31.5 Å². The Balaban J connectivity index is 3.40. The Hall–Kier alpha value is -0.770. The van der Waals surface area contributed by atoms with Crippen LogP contribution in [0.4, 0.5) is 4.79 Å². The van der Waals surface area contributed by atoms with E-state index in [2.05, 4.69) is 19.2 Å². The van der Waals surface area contributed by atoms with Gasteiger partial charge in [0.15, 0.2) is 0 Å². The summed E-state index contributed by atoms with van der Waals surface area (Å²) >= 11 is 0. The van der Waals surface area contributed by atoms with Gasteiger partial charge in [-0.15, -0.1) is 0 Å². The van der Waals surface area contributed by atoms with Gasteiger partial charge in [-0.25, -0.2) is 4.79 Å². The van der Waals surface area contributed by atoms with Crippen LogP contribution < -0.4 is 5.32 Å². The standard InChI is InChI=1S/C11H23NO3/c1-9(2)8-14-7-6-12-10(13)15-11(3,4)5/h9H,6-8H2,1-5H3,(H,12,13). The highest BCUT2D eigenvalue weighted by Crippen LogP contribution is 2.06. The van der Waals surface area contributed by atoms with Crippen molar-refractivity contribution in [2.75, 3.05) is 19.8 Å². The SMILES string of the molecule is CC(C)COCCNC(=O)OC(C)(C)C. The zero-order valence-electron chi connectivity index (χ0n) is 10.4. The second-order valence-corrected chi connectivity index (χ2v) is 4.90. The minimum atomic E-state index is -0.442. The highest BCUT2D eigenvalue weighted by Gasteiger charge is 2.15. The van der Waals surface area contributed by atoms with E-state index in [1.165, 1.54) is 0 Å². The quantitative estimate of drug-likeness (QED) is 0.718. The average molecular weight is 217 g/mol. The van der Waals surface area contributed by atoms with Crippen LogP contribution in [0.15, 0.2) is 0 Å². The van der Waals surface area contributed by atoms with Crippen molar-refractivity contribution in [2.45, 2.75) is 40.2 Å². The predicted molar refractivity (Wildman–Crippen MR) is 59.9 cm³/mol. The lowest BCUT2D eigenvalue weighted by atomic mass is 10.2. The highest BCUT2D eigenvalue weighted by molar-refractivity contribution is 5.67. The molecule has 0 aromatic carbocycles. The number of hydrogen-bond acceptors (Lipinski definition) is 3. The number of carbonyl (C=O) groups is 1. The first-order valence-electron chi connectivity index (χ1n) is 5.36. The number of rotatable bonds is 5. The highest BCUT2D eigenvalue weighted by atomic mass is 16.6. The van der Waals surface area contributed by atoms with Crippen molar-refractivity contribution in [2.24, 2.45) is 5.92 Å². The van der Waals surface area contributed by atoms with Gasteiger partial charge in [-0.1, -0.05) is 13.8 Å². The van der Waals surface area contributed by atoms with E-state index in [9.17, 15) is 4.79 Å². The Kier molecular flexibility index (Phi) is 6.32. The Bertz CT molecular complexity index is 185. The molecular formula is C11H23NO3. The monoisotopic (exact) mass is 217 g/mol. The summed E-state index contributed by atoms with van der Waals surface area (Å²) in [5, 5.41) is 2.63. The van der Waals surface area contributed by atoms with Gasteiger partial charge in [0.1, 0.15) is 5.60 Å². The van der Waals surface area contributed by atoms with Crippen molar-refractivity contribution < 1.29 is 14.3 Å². The smallest absolute Gasteiger partial charge is 0.407 e. The van der Waals surface area contributed by atoms with Crippen LogP contribution in [0.25, 0.3) is 0 Å². The van der Waals surface area contributed by atoms with E-state index in [-0.39, 0.29) is 0 Å². The topological polar surface area (TPSA) is 47.6 Å². The molecule has 0 fully saturated rings. The van der Waals surface area contributed by atoms with E-state index in [4.69, 9.17) is 9.47 Å². The van der Waals surface area contributed by atoms with Gasteiger partial charge < -0.3 is 14.8 Å². The summed E-state index contributed by atoms with van der Waals surface area (Å²) in [6.45, 7) is 11.4. The molecule has 0 aromatic heterocycles. The number of amides is 1. The zero-order chi connectivity index (χ0) is 11.9. The van der Waals surface area contributed by atoms with Crippen LogP contribution in [-0.2, 0) is 9.47 Å². The maximum atomic E-state index is 11.2. The van der Waals surface area contributed by atoms with Gasteiger partial charge in [-0.3, -0.25) is 0 Å². The Morgan fingerprint density at radius 3 is 2.40 bits per heavy atom. The fraction of sp³-hybridized carbons (Fsp3) is 0.909. The van der Waals surface area contributed by atoms with Crippen molar-refractivity contribution in [3.63, 3.8) is 0 Å². The minimum absolute atomic E-state index is 0.393. The Morgan fingerprint density at radius 1 is 1.33 bits per heavy atom. The lowest BCUT2D eigenvalue weighted by Crippen LogP contribution is -2.34. The fourth-order valence-electron chi connectivity index (χ4n) is 0.858. The third-order valence-corrected chi connectivity index (χ3v) is 1.37. The lowest BCUT2D eigenvalue weighted by Gasteiger charge is -2.19. The molecule has 0 saturated heterocycles. The molecule has 0 unspecified atom stereocenters.